The molecule has 0 aliphatic rings. The molecule has 7 nitrogen and oxygen atoms in total. The first-order valence-corrected chi connectivity index (χ1v) is 7.08. The predicted molar refractivity (Wildman–Crippen MR) is 83.8 cm³/mol. The van der Waals surface area contributed by atoms with E-state index < -0.39 is 0 Å². The van der Waals surface area contributed by atoms with Crippen molar-refractivity contribution in [1.82, 2.24) is 29.1 Å². The third-order valence-electron chi connectivity index (χ3n) is 3.43. The topological polar surface area (TPSA) is 72.9 Å². The molecule has 22 heavy (non-hydrogen) atoms. The van der Waals surface area contributed by atoms with Gasteiger partial charge in [-0.3, -0.25) is 4.68 Å². The zero-order valence-electron chi connectivity index (χ0n) is 11.7. The third-order valence-corrected chi connectivity index (χ3v) is 3.65. The number of pyridine rings is 1. The van der Waals surface area contributed by atoms with Crippen molar-refractivity contribution < 1.29 is 0 Å². The van der Waals surface area contributed by atoms with Crippen molar-refractivity contribution in [2.75, 3.05) is 5.32 Å². The number of aryl methyl sites for hydroxylation is 1. The Morgan fingerprint density at radius 1 is 1.23 bits per heavy atom. The van der Waals surface area contributed by atoms with Crippen LogP contribution in [-0.4, -0.2) is 29.1 Å². The number of fused-ring (bicyclic) bond motifs is 2. The molecule has 0 spiro atoms. The molecule has 8 heteroatoms. The van der Waals surface area contributed by atoms with Gasteiger partial charge in [-0.15, -0.1) is 0 Å². The molecule has 0 amide bonds. The molecule has 0 saturated heterocycles. The molecule has 0 radical (unpaired) electrons. The van der Waals surface area contributed by atoms with Crippen LogP contribution in [-0.2, 0) is 13.6 Å². The van der Waals surface area contributed by atoms with Gasteiger partial charge in [0.1, 0.15) is 17.8 Å². The van der Waals surface area contributed by atoms with Gasteiger partial charge in [0.05, 0.1) is 28.8 Å². The van der Waals surface area contributed by atoms with E-state index in [4.69, 9.17) is 11.6 Å². The van der Waals surface area contributed by atoms with Gasteiger partial charge < -0.3 is 9.72 Å². The van der Waals surface area contributed by atoms with Crippen molar-refractivity contribution in [2.45, 2.75) is 6.54 Å². The Balaban J connectivity index is 1.62. The Morgan fingerprint density at radius 3 is 3.05 bits per heavy atom. The van der Waals surface area contributed by atoms with E-state index in [1.807, 2.05) is 36.0 Å². The molecule has 4 aromatic rings. The van der Waals surface area contributed by atoms with Crippen LogP contribution in [0.5, 0.6) is 0 Å². The molecule has 4 aromatic heterocycles. The van der Waals surface area contributed by atoms with E-state index in [-0.39, 0.29) is 0 Å². The van der Waals surface area contributed by atoms with Crippen molar-refractivity contribution in [1.29, 1.82) is 0 Å². The molecule has 1 N–H and O–H groups in total. The van der Waals surface area contributed by atoms with Gasteiger partial charge in [-0.05, 0) is 12.1 Å². The van der Waals surface area contributed by atoms with Gasteiger partial charge in [0.15, 0.2) is 5.65 Å². The van der Waals surface area contributed by atoms with E-state index in [1.165, 1.54) is 6.33 Å². The molecular formula is C14H12ClN7. The highest BCUT2D eigenvalue weighted by Gasteiger charge is 2.08. The summed E-state index contributed by atoms with van der Waals surface area (Å²) in [6, 6.07) is 3.71. The molecule has 110 valence electrons. The maximum atomic E-state index is 5.98. The summed E-state index contributed by atoms with van der Waals surface area (Å²) in [5.74, 6) is 0.744. The van der Waals surface area contributed by atoms with Gasteiger partial charge in [0.25, 0.3) is 0 Å². The van der Waals surface area contributed by atoms with Crippen LogP contribution in [0, 0.1) is 0 Å². The van der Waals surface area contributed by atoms with Gasteiger partial charge in [-0.2, -0.15) is 5.10 Å². The van der Waals surface area contributed by atoms with Crippen LogP contribution in [0.4, 0.5) is 5.82 Å². The van der Waals surface area contributed by atoms with Crippen LogP contribution < -0.4 is 5.32 Å². The summed E-state index contributed by atoms with van der Waals surface area (Å²) in [7, 11) is 1.85. The quantitative estimate of drug-likeness (QED) is 0.628. The van der Waals surface area contributed by atoms with Crippen LogP contribution in [0.25, 0.3) is 16.7 Å². The smallest absolute Gasteiger partial charge is 0.163 e. The molecule has 0 atom stereocenters. The number of rotatable bonds is 3. The van der Waals surface area contributed by atoms with Crippen molar-refractivity contribution in [3.8, 4) is 0 Å². The number of aromatic nitrogens is 6. The molecule has 0 aliphatic heterocycles. The molecule has 0 unspecified atom stereocenters. The zero-order chi connectivity index (χ0) is 15.1. The fourth-order valence-corrected chi connectivity index (χ4v) is 2.55. The average Bonchev–Trinajstić information content (AvgIpc) is 3.09. The summed E-state index contributed by atoms with van der Waals surface area (Å²) in [6.07, 6.45) is 7.05. The standard InChI is InChI=1S/C14H12ClN7/c1-21-14-11(5-19-21)13(17-8-18-14)16-4-10-7-22-6-9(15)2-3-12(22)20-10/h2-3,5-8H,4H2,1H3,(H,16,17,18). The number of hydrogen-bond acceptors (Lipinski definition) is 5. The van der Waals surface area contributed by atoms with Crippen molar-refractivity contribution in [3.63, 3.8) is 0 Å². The molecule has 0 aliphatic carbocycles. The zero-order valence-corrected chi connectivity index (χ0v) is 12.5. The minimum atomic E-state index is 0.556. The molecule has 0 aromatic carbocycles. The third kappa shape index (κ3) is 2.15. The first-order valence-electron chi connectivity index (χ1n) is 6.70. The molecule has 0 bridgehead atoms. The number of nitrogens with one attached hydrogen (secondary N) is 1. The van der Waals surface area contributed by atoms with E-state index in [9.17, 15) is 0 Å². The van der Waals surface area contributed by atoms with E-state index in [1.54, 1.807) is 10.9 Å². The largest absolute Gasteiger partial charge is 0.364 e. The molecule has 4 heterocycles. The summed E-state index contributed by atoms with van der Waals surface area (Å²) in [6.45, 7) is 0.556. The minimum Gasteiger partial charge on any atom is -0.364 e. The van der Waals surface area contributed by atoms with Crippen molar-refractivity contribution >= 4 is 34.1 Å². The Morgan fingerprint density at radius 2 is 2.14 bits per heavy atom. The van der Waals surface area contributed by atoms with Crippen LogP contribution in [0.1, 0.15) is 5.69 Å². The van der Waals surface area contributed by atoms with Gasteiger partial charge in [-0.1, -0.05) is 11.6 Å². The van der Waals surface area contributed by atoms with Crippen LogP contribution in [0.3, 0.4) is 0 Å². The molecule has 0 saturated carbocycles. The number of imidazole rings is 1. The summed E-state index contributed by atoms with van der Waals surface area (Å²) < 4.78 is 3.62. The lowest BCUT2D eigenvalue weighted by molar-refractivity contribution is 0.785. The first-order chi connectivity index (χ1) is 10.7. The highest BCUT2D eigenvalue weighted by atomic mass is 35.5. The number of hydrogen-bond donors (Lipinski definition) is 1. The summed E-state index contributed by atoms with van der Waals surface area (Å²) in [5, 5.41) is 9.04. The normalized spacial score (nSPS) is 11.4. The van der Waals surface area contributed by atoms with E-state index >= 15 is 0 Å². The lowest BCUT2D eigenvalue weighted by Crippen LogP contribution is -2.03. The summed E-state index contributed by atoms with van der Waals surface area (Å²) in [4.78, 5) is 13.0. The van der Waals surface area contributed by atoms with Crippen LogP contribution in [0.2, 0.25) is 5.02 Å². The second kappa shape index (κ2) is 4.96. The van der Waals surface area contributed by atoms with Gasteiger partial charge >= 0.3 is 0 Å². The van der Waals surface area contributed by atoms with E-state index in [2.05, 4.69) is 25.4 Å². The van der Waals surface area contributed by atoms with Gasteiger partial charge in [0.2, 0.25) is 0 Å². The molecule has 4 rings (SSSR count). The Labute approximate surface area is 130 Å². The predicted octanol–water partition coefficient (Wildman–Crippen LogP) is 2.28. The summed E-state index contributed by atoms with van der Waals surface area (Å²) >= 11 is 5.98. The lowest BCUT2D eigenvalue weighted by Gasteiger charge is -2.03. The van der Waals surface area contributed by atoms with Gasteiger partial charge in [-0.25, -0.2) is 15.0 Å². The number of anilines is 1. The fourth-order valence-electron chi connectivity index (χ4n) is 2.38. The number of nitrogens with zero attached hydrogens (tertiary/aromatic N) is 6. The molecule has 0 fully saturated rings. The highest BCUT2D eigenvalue weighted by molar-refractivity contribution is 6.30. The average molecular weight is 314 g/mol. The van der Waals surface area contributed by atoms with Crippen LogP contribution in [0.15, 0.2) is 37.1 Å². The fraction of sp³-hybridized carbons (Fsp3) is 0.143. The Bertz CT molecular complexity index is 972. The van der Waals surface area contributed by atoms with E-state index in [0.717, 1.165) is 28.2 Å². The SMILES string of the molecule is Cn1ncc2c(NCc3cn4cc(Cl)ccc4n3)ncnc21. The Kier molecular flexibility index (Phi) is 2.93. The monoisotopic (exact) mass is 313 g/mol. The lowest BCUT2D eigenvalue weighted by atomic mass is 10.4. The van der Waals surface area contributed by atoms with Crippen molar-refractivity contribution in [3.05, 3.63) is 47.8 Å². The summed E-state index contributed by atoms with van der Waals surface area (Å²) in [5.41, 5.74) is 2.55. The minimum absolute atomic E-state index is 0.556. The second-order valence-electron chi connectivity index (χ2n) is 4.93. The molecular weight excluding hydrogens is 302 g/mol. The first kappa shape index (κ1) is 13.0. The highest BCUT2D eigenvalue weighted by Crippen LogP contribution is 2.18. The van der Waals surface area contributed by atoms with Gasteiger partial charge in [0, 0.05) is 19.4 Å². The second-order valence-corrected chi connectivity index (χ2v) is 5.36. The maximum Gasteiger partial charge on any atom is 0.163 e. The Hall–Kier alpha value is -2.67. The number of halogens is 1. The van der Waals surface area contributed by atoms with Crippen LogP contribution >= 0.6 is 11.6 Å². The maximum absolute atomic E-state index is 5.98. The van der Waals surface area contributed by atoms with Crippen molar-refractivity contribution in [2.24, 2.45) is 7.05 Å². The van der Waals surface area contributed by atoms with E-state index in [0.29, 0.717) is 11.6 Å².